The Kier molecular flexibility index (Phi) is 5.92. The minimum absolute atomic E-state index is 0.0295. The second-order valence-electron chi connectivity index (χ2n) is 8.29. The summed E-state index contributed by atoms with van der Waals surface area (Å²) in [5.74, 6) is 0.206. The van der Waals surface area contributed by atoms with Gasteiger partial charge >= 0.3 is 0 Å². The number of carbonyl (C=O) groups is 1. The van der Waals surface area contributed by atoms with Crippen LogP contribution in [0.1, 0.15) is 45.1 Å². The van der Waals surface area contributed by atoms with Gasteiger partial charge in [0.2, 0.25) is 5.91 Å². The SMILES string of the molecule is C[C@@H](CC(=O)N(C[C@H]1CCCO1)C1CCN(C)CC1)n1nnc2ccccc21. The Balaban J connectivity index is 1.47. The van der Waals surface area contributed by atoms with Gasteiger partial charge in [-0.3, -0.25) is 4.79 Å². The van der Waals surface area contributed by atoms with Gasteiger partial charge in [-0.1, -0.05) is 17.3 Å². The third-order valence-corrected chi connectivity index (χ3v) is 6.14. The van der Waals surface area contributed by atoms with E-state index >= 15 is 0 Å². The molecule has 1 aromatic heterocycles. The molecule has 0 spiro atoms. The van der Waals surface area contributed by atoms with Crippen LogP contribution in [0.25, 0.3) is 11.0 Å². The Morgan fingerprint density at radius 1 is 1.29 bits per heavy atom. The summed E-state index contributed by atoms with van der Waals surface area (Å²) in [5.41, 5.74) is 1.85. The largest absolute Gasteiger partial charge is 0.376 e. The average molecular weight is 386 g/mol. The number of carbonyl (C=O) groups excluding carboxylic acids is 1. The Bertz CT molecular complexity index is 793. The van der Waals surface area contributed by atoms with E-state index in [0.29, 0.717) is 12.5 Å². The molecule has 4 rings (SSSR count). The van der Waals surface area contributed by atoms with E-state index in [1.807, 2.05) is 28.9 Å². The Labute approximate surface area is 166 Å². The molecule has 7 heteroatoms. The Morgan fingerprint density at radius 3 is 2.82 bits per heavy atom. The number of para-hydroxylation sites is 1. The Morgan fingerprint density at radius 2 is 2.07 bits per heavy atom. The summed E-state index contributed by atoms with van der Waals surface area (Å²) >= 11 is 0. The van der Waals surface area contributed by atoms with Crippen molar-refractivity contribution in [3.05, 3.63) is 24.3 Å². The van der Waals surface area contributed by atoms with Crippen LogP contribution in [-0.2, 0) is 9.53 Å². The number of aromatic nitrogens is 3. The lowest BCUT2D eigenvalue weighted by Crippen LogP contribution is -2.49. The highest BCUT2D eigenvalue weighted by atomic mass is 16.5. The van der Waals surface area contributed by atoms with Crippen LogP contribution in [0.4, 0.5) is 0 Å². The predicted octanol–water partition coefficient (Wildman–Crippen LogP) is 2.48. The maximum absolute atomic E-state index is 13.3. The third-order valence-electron chi connectivity index (χ3n) is 6.14. The zero-order valence-corrected chi connectivity index (χ0v) is 17.0. The number of rotatable bonds is 6. The summed E-state index contributed by atoms with van der Waals surface area (Å²) in [5, 5.41) is 8.53. The molecule has 152 valence electrons. The maximum Gasteiger partial charge on any atom is 0.225 e. The second kappa shape index (κ2) is 8.57. The van der Waals surface area contributed by atoms with Gasteiger partial charge in [-0.2, -0.15) is 0 Å². The van der Waals surface area contributed by atoms with Crippen LogP contribution in [0.5, 0.6) is 0 Å². The van der Waals surface area contributed by atoms with Crippen molar-refractivity contribution in [2.45, 2.75) is 57.2 Å². The summed E-state index contributed by atoms with van der Waals surface area (Å²) in [6, 6.07) is 8.19. The standard InChI is InChI=1S/C21H31N5O2/c1-16(26-20-8-4-3-7-19(20)22-23-26)14-21(27)25(15-18-6-5-13-28-18)17-9-11-24(2)12-10-17/h3-4,7-8,16-18H,5-6,9-15H2,1-2H3/t16-,18+/m0/s1. The number of likely N-dealkylation sites (tertiary alicyclic amines) is 1. The fraction of sp³-hybridized carbons (Fsp3) is 0.667. The number of benzene rings is 1. The molecule has 28 heavy (non-hydrogen) atoms. The van der Waals surface area contributed by atoms with Crippen molar-refractivity contribution in [2.24, 2.45) is 0 Å². The zero-order chi connectivity index (χ0) is 19.5. The number of piperidine rings is 1. The quantitative estimate of drug-likeness (QED) is 0.764. The summed E-state index contributed by atoms with van der Waals surface area (Å²) < 4.78 is 7.73. The highest BCUT2D eigenvalue weighted by Gasteiger charge is 2.31. The van der Waals surface area contributed by atoms with E-state index in [2.05, 4.69) is 34.1 Å². The van der Waals surface area contributed by atoms with Crippen molar-refractivity contribution >= 4 is 16.9 Å². The normalized spacial score (nSPS) is 22.6. The van der Waals surface area contributed by atoms with E-state index < -0.39 is 0 Å². The van der Waals surface area contributed by atoms with E-state index in [1.54, 1.807) is 0 Å². The van der Waals surface area contributed by atoms with E-state index in [9.17, 15) is 4.79 Å². The molecule has 7 nitrogen and oxygen atoms in total. The van der Waals surface area contributed by atoms with E-state index in [4.69, 9.17) is 4.74 Å². The molecule has 0 radical (unpaired) electrons. The van der Waals surface area contributed by atoms with Crippen molar-refractivity contribution in [1.29, 1.82) is 0 Å². The fourth-order valence-electron chi connectivity index (χ4n) is 4.44. The predicted molar refractivity (Wildman–Crippen MR) is 108 cm³/mol. The van der Waals surface area contributed by atoms with Gasteiger partial charge in [0, 0.05) is 25.6 Å². The first-order valence-electron chi connectivity index (χ1n) is 10.5. The fourth-order valence-corrected chi connectivity index (χ4v) is 4.44. The van der Waals surface area contributed by atoms with E-state index in [0.717, 1.165) is 63.0 Å². The molecular weight excluding hydrogens is 354 g/mol. The molecule has 3 heterocycles. The van der Waals surface area contributed by atoms with Gasteiger partial charge in [0.1, 0.15) is 5.52 Å². The highest BCUT2D eigenvalue weighted by Crippen LogP contribution is 2.24. The van der Waals surface area contributed by atoms with Crippen LogP contribution in [0.3, 0.4) is 0 Å². The van der Waals surface area contributed by atoms with Gasteiger partial charge in [0.25, 0.3) is 0 Å². The van der Waals surface area contributed by atoms with Gasteiger partial charge in [0.15, 0.2) is 0 Å². The van der Waals surface area contributed by atoms with Crippen molar-refractivity contribution in [2.75, 3.05) is 33.3 Å². The van der Waals surface area contributed by atoms with Gasteiger partial charge in [-0.05, 0) is 64.9 Å². The highest BCUT2D eigenvalue weighted by molar-refractivity contribution is 5.78. The molecule has 2 fully saturated rings. The monoisotopic (exact) mass is 385 g/mol. The maximum atomic E-state index is 13.3. The molecule has 0 unspecified atom stereocenters. The van der Waals surface area contributed by atoms with Crippen molar-refractivity contribution in [3.8, 4) is 0 Å². The van der Waals surface area contributed by atoms with E-state index in [1.165, 1.54) is 0 Å². The minimum atomic E-state index is -0.0295. The van der Waals surface area contributed by atoms with Crippen LogP contribution >= 0.6 is 0 Å². The smallest absolute Gasteiger partial charge is 0.225 e. The van der Waals surface area contributed by atoms with Crippen LogP contribution in [0.15, 0.2) is 24.3 Å². The van der Waals surface area contributed by atoms with Crippen molar-refractivity contribution in [1.82, 2.24) is 24.8 Å². The molecule has 1 amide bonds. The number of nitrogens with zero attached hydrogens (tertiary/aromatic N) is 5. The third kappa shape index (κ3) is 4.20. The van der Waals surface area contributed by atoms with Crippen molar-refractivity contribution in [3.63, 3.8) is 0 Å². The summed E-state index contributed by atoms with van der Waals surface area (Å²) in [7, 11) is 2.15. The molecule has 0 N–H and O–H groups in total. The number of hydrogen-bond acceptors (Lipinski definition) is 5. The summed E-state index contributed by atoms with van der Waals surface area (Å²) in [4.78, 5) is 17.8. The van der Waals surface area contributed by atoms with Crippen LogP contribution < -0.4 is 0 Å². The lowest BCUT2D eigenvalue weighted by molar-refractivity contribution is -0.137. The van der Waals surface area contributed by atoms with Gasteiger partial charge in [0.05, 0.1) is 17.7 Å². The second-order valence-corrected chi connectivity index (χ2v) is 8.29. The van der Waals surface area contributed by atoms with Crippen LogP contribution in [-0.4, -0.2) is 76.1 Å². The first-order valence-corrected chi connectivity index (χ1v) is 10.5. The molecule has 2 atom stereocenters. The number of amides is 1. The average Bonchev–Trinajstić information content (AvgIpc) is 3.36. The molecule has 2 aromatic rings. The summed E-state index contributed by atoms with van der Waals surface area (Å²) in [6.45, 7) is 5.68. The zero-order valence-electron chi connectivity index (χ0n) is 17.0. The topological polar surface area (TPSA) is 63.5 Å². The molecule has 0 aliphatic carbocycles. The van der Waals surface area contributed by atoms with Gasteiger partial charge in [-0.15, -0.1) is 5.10 Å². The summed E-state index contributed by atoms with van der Waals surface area (Å²) in [6.07, 6.45) is 4.85. The molecule has 2 aliphatic rings. The molecule has 0 bridgehead atoms. The molecule has 1 aromatic carbocycles. The number of ether oxygens (including phenoxy) is 1. The Hall–Kier alpha value is -1.99. The first kappa shape index (κ1) is 19.3. The molecular formula is C21H31N5O2. The lowest BCUT2D eigenvalue weighted by atomic mass is 10.0. The number of fused-ring (bicyclic) bond motifs is 1. The molecule has 0 saturated carbocycles. The molecule has 2 aliphatic heterocycles. The number of hydrogen-bond donors (Lipinski definition) is 0. The van der Waals surface area contributed by atoms with E-state index in [-0.39, 0.29) is 18.1 Å². The molecule has 2 saturated heterocycles. The van der Waals surface area contributed by atoms with Gasteiger partial charge < -0.3 is 14.5 Å². The van der Waals surface area contributed by atoms with Gasteiger partial charge in [-0.25, -0.2) is 4.68 Å². The minimum Gasteiger partial charge on any atom is -0.376 e. The lowest BCUT2D eigenvalue weighted by Gasteiger charge is -2.38. The van der Waals surface area contributed by atoms with Crippen LogP contribution in [0, 0.1) is 0 Å². The van der Waals surface area contributed by atoms with Crippen molar-refractivity contribution < 1.29 is 9.53 Å². The van der Waals surface area contributed by atoms with Crippen LogP contribution in [0.2, 0.25) is 0 Å². The first-order chi connectivity index (χ1) is 13.6.